The van der Waals surface area contributed by atoms with E-state index in [1.807, 2.05) is 0 Å². The number of ether oxygens (including phenoxy) is 6. The highest BCUT2D eigenvalue weighted by Gasteiger charge is 2.85. The van der Waals surface area contributed by atoms with Gasteiger partial charge in [0.05, 0.1) is 38.4 Å². The monoisotopic (exact) mass is 644 g/mol. The van der Waals surface area contributed by atoms with Crippen LogP contribution in [0.15, 0.2) is 11.6 Å². The summed E-state index contributed by atoms with van der Waals surface area (Å²) in [6.45, 7) is 3.42. The van der Waals surface area contributed by atoms with Crippen LogP contribution >= 0.6 is 0 Å². The summed E-state index contributed by atoms with van der Waals surface area (Å²) in [5, 5.41) is 76.5. The van der Waals surface area contributed by atoms with E-state index in [4.69, 9.17) is 28.4 Å². The molecule has 3 saturated heterocycles. The molecule has 1 spiro atoms. The van der Waals surface area contributed by atoms with Crippen molar-refractivity contribution < 1.29 is 78.6 Å². The molecule has 0 aromatic rings. The van der Waals surface area contributed by atoms with Crippen LogP contribution in [0.1, 0.15) is 27.2 Å². The first-order chi connectivity index (χ1) is 21.1. The topological polar surface area (TPSA) is 248 Å². The molecule has 3 aliphatic carbocycles. The van der Waals surface area contributed by atoms with E-state index in [1.54, 1.807) is 19.9 Å². The van der Waals surface area contributed by atoms with Crippen LogP contribution in [0.4, 0.5) is 0 Å². The summed E-state index contributed by atoms with van der Waals surface area (Å²) < 4.78 is 33.9. The van der Waals surface area contributed by atoms with E-state index in [1.165, 1.54) is 0 Å². The Morgan fingerprint density at radius 3 is 2.33 bits per heavy atom. The molecule has 2 saturated carbocycles. The molecule has 5 fully saturated rings. The van der Waals surface area contributed by atoms with Crippen LogP contribution in [0.2, 0.25) is 0 Å². The summed E-state index contributed by atoms with van der Waals surface area (Å²) in [5.41, 5.74) is -4.57. The standard InChI is InChI=1S/C29H40O16/c1-9-5-12(43-25-17(34)16(33)15(32)13(7-30)44-25)22(36)27(3)11(9)6-14-28-8-41-29(26(39)40-4,23(37)18(35)20(27)28)21(28)19(24(38)45-14)42-10(2)31/h5,11-23,25,30,32-37H,6-8H2,1-4H3/t11-,12+,13+,14-,15+,16-,17+,18-,19-,20-,21-,22-,23+,25+,27+,28-,29+/m1/s1. The Morgan fingerprint density at radius 2 is 1.71 bits per heavy atom. The molecule has 0 unspecified atom stereocenters. The Bertz CT molecular complexity index is 1270. The number of aliphatic hydroxyl groups is 7. The van der Waals surface area contributed by atoms with Gasteiger partial charge in [-0.1, -0.05) is 18.6 Å². The van der Waals surface area contributed by atoms with E-state index >= 15 is 0 Å². The lowest BCUT2D eigenvalue weighted by atomic mass is 9.37. The van der Waals surface area contributed by atoms with E-state index in [-0.39, 0.29) is 13.0 Å². The molecule has 45 heavy (non-hydrogen) atoms. The van der Waals surface area contributed by atoms with Crippen LogP contribution in [-0.2, 0) is 42.8 Å². The van der Waals surface area contributed by atoms with E-state index in [0.717, 1.165) is 14.0 Å². The smallest absolute Gasteiger partial charge is 0.348 e. The Hall–Kier alpha value is -2.25. The van der Waals surface area contributed by atoms with Crippen LogP contribution in [0.25, 0.3) is 0 Å². The third-order valence-electron chi connectivity index (χ3n) is 11.4. The number of hydrogen-bond donors (Lipinski definition) is 7. The second-order valence-electron chi connectivity index (χ2n) is 13.3. The zero-order valence-electron chi connectivity index (χ0n) is 25.1. The number of esters is 3. The molecule has 0 aromatic carbocycles. The highest BCUT2D eigenvalue weighted by molar-refractivity contribution is 5.87. The number of aliphatic hydroxyl groups excluding tert-OH is 7. The van der Waals surface area contributed by atoms with Crippen molar-refractivity contribution in [3.8, 4) is 0 Å². The van der Waals surface area contributed by atoms with Gasteiger partial charge in [-0.15, -0.1) is 0 Å². The van der Waals surface area contributed by atoms with Gasteiger partial charge < -0.3 is 64.2 Å². The molecule has 3 heterocycles. The van der Waals surface area contributed by atoms with E-state index < -0.39 is 126 Å². The molecule has 7 N–H and O–H groups in total. The summed E-state index contributed by atoms with van der Waals surface area (Å²) in [7, 11) is 1.05. The average Bonchev–Trinajstić information content (AvgIpc) is 3.30. The maximum atomic E-state index is 13.4. The van der Waals surface area contributed by atoms with Crippen LogP contribution in [-0.4, -0.2) is 147 Å². The summed E-state index contributed by atoms with van der Waals surface area (Å²) in [4.78, 5) is 39.0. The fourth-order valence-electron chi connectivity index (χ4n) is 9.58. The summed E-state index contributed by atoms with van der Waals surface area (Å²) >= 11 is 0. The molecule has 16 nitrogen and oxygen atoms in total. The molecule has 6 aliphatic rings. The molecule has 0 radical (unpaired) electrons. The SMILES string of the molecule is COC(=O)[C@@]12OC[C@]34[C@H]([C@@H](O)[C@@H]1O)[C@]1(C)[C@H](C[C@H]3OC(=O)[C@H](OC(C)=O)[C@@H]24)C(C)=C[C@H](O[C@H]2O[C@@H](CO)[C@H](O)[C@@H](O)[C@@H]2O)[C@H]1O. The number of methoxy groups -OCH3 is 1. The van der Waals surface area contributed by atoms with Crippen LogP contribution in [0.5, 0.6) is 0 Å². The third kappa shape index (κ3) is 4.11. The van der Waals surface area contributed by atoms with Crippen molar-refractivity contribution in [2.45, 2.75) is 100 Å². The van der Waals surface area contributed by atoms with Crippen LogP contribution in [0.3, 0.4) is 0 Å². The fraction of sp³-hybridized carbons (Fsp3) is 0.828. The molecular weight excluding hydrogens is 604 g/mol. The van der Waals surface area contributed by atoms with Crippen molar-refractivity contribution in [2.24, 2.45) is 28.6 Å². The summed E-state index contributed by atoms with van der Waals surface area (Å²) in [6.07, 6.45) is -15.6. The number of allylic oxidation sites excluding steroid dienone is 1. The van der Waals surface area contributed by atoms with Gasteiger partial charge in [-0.25, -0.2) is 9.59 Å². The van der Waals surface area contributed by atoms with Crippen molar-refractivity contribution >= 4 is 17.9 Å². The first-order valence-electron chi connectivity index (χ1n) is 14.9. The highest BCUT2D eigenvalue weighted by Crippen LogP contribution is 2.72. The van der Waals surface area contributed by atoms with Crippen molar-refractivity contribution in [2.75, 3.05) is 20.3 Å². The first-order valence-corrected chi connectivity index (χ1v) is 14.9. The average molecular weight is 645 g/mol. The minimum atomic E-state index is -2.32. The van der Waals surface area contributed by atoms with E-state index in [9.17, 15) is 50.1 Å². The third-order valence-corrected chi connectivity index (χ3v) is 11.4. The molecule has 17 atom stereocenters. The number of carbonyl (C=O) groups excluding carboxylic acids is 3. The molecule has 6 rings (SSSR count). The van der Waals surface area contributed by atoms with Gasteiger partial charge in [-0.05, 0) is 19.3 Å². The van der Waals surface area contributed by atoms with Gasteiger partial charge in [0.2, 0.25) is 11.7 Å². The molecule has 0 amide bonds. The Labute approximate surface area is 257 Å². The predicted octanol–water partition coefficient (Wildman–Crippen LogP) is -3.73. The van der Waals surface area contributed by atoms with Crippen LogP contribution in [0, 0.1) is 28.6 Å². The Morgan fingerprint density at radius 1 is 1.02 bits per heavy atom. The normalized spacial score (nSPS) is 53.4. The summed E-state index contributed by atoms with van der Waals surface area (Å²) in [6, 6.07) is 0. The Balaban J connectivity index is 1.46. The van der Waals surface area contributed by atoms with Gasteiger partial charge in [0.25, 0.3) is 0 Å². The van der Waals surface area contributed by atoms with Gasteiger partial charge in [0.15, 0.2) is 6.29 Å². The first kappa shape index (κ1) is 32.7. The van der Waals surface area contributed by atoms with Crippen molar-refractivity contribution in [3.63, 3.8) is 0 Å². The van der Waals surface area contributed by atoms with Gasteiger partial charge in [0, 0.05) is 23.7 Å². The molecule has 2 bridgehead atoms. The second-order valence-corrected chi connectivity index (χ2v) is 13.3. The number of hydrogen-bond acceptors (Lipinski definition) is 16. The fourth-order valence-corrected chi connectivity index (χ4v) is 9.58. The minimum Gasteiger partial charge on any atom is -0.467 e. The van der Waals surface area contributed by atoms with Gasteiger partial charge in [-0.3, -0.25) is 4.79 Å². The lowest BCUT2D eigenvalue weighted by molar-refractivity contribution is -0.330. The summed E-state index contributed by atoms with van der Waals surface area (Å²) in [5.74, 6) is -6.04. The van der Waals surface area contributed by atoms with E-state index in [0.29, 0.717) is 5.57 Å². The number of rotatable bonds is 5. The van der Waals surface area contributed by atoms with Crippen molar-refractivity contribution in [1.29, 1.82) is 0 Å². The van der Waals surface area contributed by atoms with E-state index in [2.05, 4.69) is 0 Å². The molecular formula is C29H40O16. The molecule has 252 valence electrons. The van der Waals surface area contributed by atoms with Crippen molar-refractivity contribution in [1.82, 2.24) is 0 Å². The van der Waals surface area contributed by atoms with Gasteiger partial charge in [0.1, 0.15) is 42.7 Å². The number of fused-ring (bicyclic) bond motifs is 2. The highest BCUT2D eigenvalue weighted by atomic mass is 16.7. The second kappa shape index (κ2) is 10.9. The largest absolute Gasteiger partial charge is 0.467 e. The Kier molecular flexibility index (Phi) is 7.92. The van der Waals surface area contributed by atoms with Crippen LogP contribution < -0.4 is 0 Å². The zero-order chi connectivity index (χ0) is 33.0. The van der Waals surface area contributed by atoms with Crippen molar-refractivity contribution in [3.05, 3.63) is 11.6 Å². The maximum absolute atomic E-state index is 13.4. The van der Waals surface area contributed by atoms with Gasteiger partial charge >= 0.3 is 17.9 Å². The maximum Gasteiger partial charge on any atom is 0.348 e. The molecule has 16 heteroatoms. The zero-order valence-corrected chi connectivity index (χ0v) is 25.1. The lowest BCUT2D eigenvalue weighted by Crippen LogP contribution is -2.80. The predicted molar refractivity (Wildman–Crippen MR) is 142 cm³/mol. The molecule has 3 aliphatic heterocycles. The molecule has 0 aromatic heterocycles. The van der Waals surface area contributed by atoms with Gasteiger partial charge in [-0.2, -0.15) is 0 Å². The lowest BCUT2D eigenvalue weighted by Gasteiger charge is -2.68. The quantitative estimate of drug-likeness (QED) is 0.0863. The minimum absolute atomic E-state index is 0.0949. The number of carbonyl (C=O) groups is 3.